The van der Waals surface area contributed by atoms with Crippen LogP contribution in [-0.4, -0.2) is 4.98 Å². The zero-order valence-corrected chi connectivity index (χ0v) is 20.0. The monoisotopic (exact) mass is 451 g/mol. The Bertz CT molecular complexity index is 1180. The van der Waals surface area contributed by atoms with E-state index in [2.05, 4.69) is 69.8 Å². The van der Waals surface area contributed by atoms with Crippen molar-refractivity contribution in [1.29, 1.82) is 0 Å². The topological polar surface area (TPSA) is 12.9 Å². The van der Waals surface area contributed by atoms with E-state index in [1.807, 2.05) is 18.2 Å². The number of benzene rings is 2. The Labute approximate surface area is 193 Å². The number of halogens is 1. The highest BCUT2D eigenvalue weighted by Gasteiger charge is 2.16. The molecule has 0 N–H and O–H groups in total. The van der Waals surface area contributed by atoms with E-state index < -0.39 is 0 Å². The van der Waals surface area contributed by atoms with Gasteiger partial charge in [0, 0.05) is 21.7 Å². The molecule has 154 valence electrons. The molecule has 0 fully saturated rings. The number of thiol groups is 1. The molecule has 0 unspecified atom stereocenters. The Balaban J connectivity index is 1.66. The molecule has 4 heteroatoms. The van der Waals surface area contributed by atoms with Crippen LogP contribution in [-0.2, 0) is 19.3 Å². The summed E-state index contributed by atoms with van der Waals surface area (Å²) in [5.41, 5.74) is 7.24. The van der Waals surface area contributed by atoms with Gasteiger partial charge in [-0.1, -0.05) is 67.9 Å². The Kier molecular flexibility index (Phi) is 6.52. The molecular weight excluding hydrogens is 426 g/mol. The van der Waals surface area contributed by atoms with Crippen molar-refractivity contribution in [2.75, 3.05) is 0 Å². The second-order valence-electron chi connectivity index (χ2n) is 8.27. The van der Waals surface area contributed by atoms with Gasteiger partial charge in [0.15, 0.2) is 0 Å². The summed E-state index contributed by atoms with van der Waals surface area (Å²) in [5.74, 6) is 0.681. The lowest BCUT2D eigenvalue weighted by Gasteiger charge is -2.11. The first-order chi connectivity index (χ1) is 14.4. The predicted molar refractivity (Wildman–Crippen MR) is 134 cm³/mol. The van der Waals surface area contributed by atoms with Gasteiger partial charge in [-0.25, -0.2) is 4.98 Å². The Morgan fingerprint density at radius 2 is 1.67 bits per heavy atom. The molecule has 0 radical (unpaired) electrons. The van der Waals surface area contributed by atoms with Crippen molar-refractivity contribution in [1.82, 2.24) is 4.98 Å². The first-order valence-corrected chi connectivity index (χ1v) is 12.0. The second-order valence-corrected chi connectivity index (χ2v) is 10.4. The van der Waals surface area contributed by atoms with Crippen LogP contribution in [0.2, 0.25) is 5.02 Å². The van der Waals surface area contributed by atoms with Gasteiger partial charge in [0.1, 0.15) is 4.83 Å². The van der Waals surface area contributed by atoms with Crippen LogP contribution in [0.15, 0.2) is 58.8 Å². The summed E-state index contributed by atoms with van der Waals surface area (Å²) in [5, 5.41) is 1.93. The van der Waals surface area contributed by atoms with Crippen molar-refractivity contribution in [2.45, 2.75) is 44.2 Å². The number of pyridine rings is 1. The van der Waals surface area contributed by atoms with E-state index in [9.17, 15) is 0 Å². The van der Waals surface area contributed by atoms with Crippen LogP contribution >= 0.6 is 35.6 Å². The number of thiophene rings is 1. The summed E-state index contributed by atoms with van der Waals surface area (Å²) in [7, 11) is 0. The smallest absolute Gasteiger partial charge is 0.125 e. The quantitative estimate of drug-likeness (QED) is 0.291. The van der Waals surface area contributed by atoms with Crippen LogP contribution < -0.4 is 0 Å². The molecule has 0 bridgehead atoms. The van der Waals surface area contributed by atoms with Crippen molar-refractivity contribution >= 4 is 45.8 Å². The predicted octanol–water partition coefficient (Wildman–Crippen LogP) is 8.20. The van der Waals surface area contributed by atoms with Crippen LogP contribution in [0.4, 0.5) is 0 Å². The standard InChI is InChI=1S/C26H26ClNS2/c1-16(2)14-19-10-8-18(9-11-19)12-13-20-15-22(21-6-4-5-7-23(21)27)24-17(3)26(29)30-25(24)28-20/h4-11,15-16,29H,12-14H2,1-3H3. The third-order valence-corrected chi connectivity index (χ3v) is 7.36. The van der Waals surface area contributed by atoms with E-state index >= 15 is 0 Å². The molecule has 2 aromatic heterocycles. The summed E-state index contributed by atoms with van der Waals surface area (Å²) < 4.78 is 1.02. The average molecular weight is 452 g/mol. The molecular formula is C26H26ClNS2. The van der Waals surface area contributed by atoms with Gasteiger partial charge < -0.3 is 0 Å². The van der Waals surface area contributed by atoms with Crippen molar-refractivity contribution in [3.63, 3.8) is 0 Å². The molecule has 0 amide bonds. The highest BCUT2D eigenvalue weighted by Crippen LogP contribution is 2.41. The Morgan fingerprint density at radius 3 is 2.37 bits per heavy atom. The maximum absolute atomic E-state index is 6.56. The number of fused-ring (bicyclic) bond motifs is 1. The molecule has 0 aliphatic heterocycles. The molecule has 0 saturated carbocycles. The molecule has 0 aliphatic carbocycles. The number of hydrogen-bond acceptors (Lipinski definition) is 3. The van der Waals surface area contributed by atoms with E-state index in [1.54, 1.807) is 11.3 Å². The molecule has 0 atom stereocenters. The van der Waals surface area contributed by atoms with Gasteiger partial charge >= 0.3 is 0 Å². The Morgan fingerprint density at radius 1 is 0.967 bits per heavy atom. The van der Waals surface area contributed by atoms with Crippen LogP contribution in [0.25, 0.3) is 21.3 Å². The molecule has 4 rings (SSSR count). The molecule has 0 saturated heterocycles. The number of nitrogens with zero attached hydrogens (tertiary/aromatic N) is 1. The summed E-state index contributed by atoms with van der Waals surface area (Å²) in [6, 6.07) is 19.3. The summed E-state index contributed by atoms with van der Waals surface area (Å²) in [6.45, 7) is 6.63. The molecule has 2 heterocycles. The summed E-state index contributed by atoms with van der Waals surface area (Å²) in [6.07, 6.45) is 3.00. The lowest BCUT2D eigenvalue weighted by molar-refractivity contribution is 0.647. The maximum atomic E-state index is 6.56. The van der Waals surface area contributed by atoms with Crippen molar-refractivity contribution in [3.05, 3.63) is 82.0 Å². The highest BCUT2D eigenvalue weighted by atomic mass is 35.5. The van der Waals surface area contributed by atoms with Crippen molar-refractivity contribution < 1.29 is 0 Å². The van der Waals surface area contributed by atoms with Gasteiger partial charge in [0.25, 0.3) is 0 Å². The molecule has 0 spiro atoms. The number of rotatable bonds is 6. The molecule has 1 nitrogen and oxygen atoms in total. The van der Waals surface area contributed by atoms with Crippen LogP contribution in [0.1, 0.15) is 36.2 Å². The van der Waals surface area contributed by atoms with Gasteiger partial charge in [-0.05, 0) is 66.5 Å². The lowest BCUT2D eigenvalue weighted by atomic mass is 9.98. The fraction of sp³-hybridized carbons (Fsp3) is 0.269. The van der Waals surface area contributed by atoms with Crippen molar-refractivity contribution in [2.24, 2.45) is 5.92 Å². The third-order valence-electron chi connectivity index (χ3n) is 5.43. The van der Waals surface area contributed by atoms with Crippen LogP contribution in [0, 0.1) is 12.8 Å². The first kappa shape index (κ1) is 21.4. The van der Waals surface area contributed by atoms with Crippen LogP contribution in [0.5, 0.6) is 0 Å². The summed E-state index contributed by atoms with van der Waals surface area (Å²) >= 11 is 12.9. The Hall–Kier alpha value is -1.81. The number of aryl methyl sites for hydroxylation is 3. The molecule has 4 aromatic rings. The average Bonchev–Trinajstić information content (AvgIpc) is 3.00. The second kappa shape index (κ2) is 9.13. The minimum Gasteiger partial charge on any atom is -0.242 e. The van der Waals surface area contributed by atoms with Gasteiger partial charge in [0.2, 0.25) is 0 Å². The zero-order chi connectivity index (χ0) is 21.3. The van der Waals surface area contributed by atoms with Gasteiger partial charge in [-0.3, -0.25) is 0 Å². The van der Waals surface area contributed by atoms with E-state index in [-0.39, 0.29) is 0 Å². The van der Waals surface area contributed by atoms with Gasteiger partial charge in [-0.2, -0.15) is 0 Å². The minimum absolute atomic E-state index is 0.681. The van der Waals surface area contributed by atoms with E-state index in [0.29, 0.717) is 5.92 Å². The minimum atomic E-state index is 0.681. The maximum Gasteiger partial charge on any atom is 0.125 e. The largest absolute Gasteiger partial charge is 0.242 e. The molecule has 2 aromatic carbocycles. The SMILES string of the molecule is Cc1c(S)sc2nc(CCc3ccc(CC(C)C)cc3)cc(-c3ccccc3Cl)c12. The van der Waals surface area contributed by atoms with Gasteiger partial charge in [-0.15, -0.1) is 24.0 Å². The molecule has 0 aliphatic rings. The highest BCUT2D eigenvalue weighted by molar-refractivity contribution is 7.83. The number of aromatic nitrogens is 1. The number of hydrogen-bond donors (Lipinski definition) is 1. The van der Waals surface area contributed by atoms with E-state index in [1.165, 1.54) is 22.1 Å². The normalized spacial score (nSPS) is 11.5. The fourth-order valence-corrected chi connectivity index (χ4v) is 5.46. The lowest BCUT2D eigenvalue weighted by Crippen LogP contribution is -1.98. The third kappa shape index (κ3) is 4.59. The van der Waals surface area contributed by atoms with E-state index in [4.69, 9.17) is 16.6 Å². The van der Waals surface area contributed by atoms with E-state index in [0.717, 1.165) is 50.1 Å². The zero-order valence-electron chi connectivity index (χ0n) is 17.6. The van der Waals surface area contributed by atoms with Gasteiger partial charge in [0.05, 0.1) is 4.21 Å². The van der Waals surface area contributed by atoms with Crippen molar-refractivity contribution in [3.8, 4) is 11.1 Å². The van der Waals surface area contributed by atoms with Crippen LogP contribution in [0.3, 0.4) is 0 Å². The summed E-state index contributed by atoms with van der Waals surface area (Å²) in [4.78, 5) is 6.01. The first-order valence-electron chi connectivity index (χ1n) is 10.4. The fourth-order valence-electron chi connectivity index (χ4n) is 3.89. The molecule has 30 heavy (non-hydrogen) atoms.